The maximum atomic E-state index is 12.2. The molecule has 6 nitrogen and oxygen atoms in total. The van der Waals surface area contributed by atoms with Gasteiger partial charge >= 0.3 is 5.97 Å². The molecule has 0 aliphatic heterocycles. The third kappa shape index (κ3) is 8.31. The Morgan fingerprint density at radius 3 is 2.21 bits per heavy atom. The number of ether oxygens (including phenoxy) is 1. The number of esters is 1. The lowest BCUT2D eigenvalue weighted by molar-refractivity contribution is -0.148. The van der Waals surface area contributed by atoms with Crippen LogP contribution in [0.2, 0.25) is 0 Å². The summed E-state index contributed by atoms with van der Waals surface area (Å²) in [4.78, 5) is 12.2. The molecule has 4 rings (SSSR count). The fourth-order valence-electron chi connectivity index (χ4n) is 10.6. The molecule has 9 atom stereocenters. The summed E-state index contributed by atoms with van der Waals surface area (Å²) < 4.78 is 5.44. The Morgan fingerprint density at radius 2 is 1.50 bits per heavy atom. The molecule has 0 aromatic heterocycles. The Balaban J connectivity index is 1.19. The second-order valence-corrected chi connectivity index (χ2v) is 15.7. The molecule has 4 aliphatic rings. The molecule has 0 heterocycles. The summed E-state index contributed by atoms with van der Waals surface area (Å²) in [7, 11) is 0. The third-order valence-electron chi connectivity index (χ3n) is 12.8. The number of fused-ring (bicyclic) bond motifs is 5. The van der Waals surface area contributed by atoms with Gasteiger partial charge in [-0.25, -0.2) is 0 Å². The van der Waals surface area contributed by atoms with Crippen molar-refractivity contribution in [3.63, 3.8) is 0 Å². The van der Waals surface area contributed by atoms with Crippen molar-refractivity contribution in [1.29, 1.82) is 0 Å². The maximum absolute atomic E-state index is 12.2. The first kappa shape index (κ1) is 34.2. The van der Waals surface area contributed by atoms with Crippen LogP contribution in [0.4, 0.5) is 0 Å². The highest BCUT2D eigenvalue weighted by atomic mass is 16.5. The van der Waals surface area contributed by atoms with Crippen LogP contribution in [0.25, 0.3) is 0 Å². The molecule has 6 heteroatoms. The molecule has 0 bridgehead atoms. The van der Waals surface area contributed by atoms with Crippen LogP contribution < -0.4 is 21.7 Å². The molecule has 244 valence electrons. The molecule has 0 radical (unpaired) electrons. The number of nitrogens with two attached hydrogens (primary N) is 1. The lowest BCUT2D eigenvalue weighted by Gasteiger charge is -2.61. The van der Waals surface area contributed by atoms with Crippen molar-refractivity contribution in [2.45, 2.75) is 137 Å². The number of hydrogen-bond donors (Lipinski definition) is 4. The highest BCUT2D eigenvalue weighted by Crippen LogP contribution is 2.68. The Labute approximate surface area is 259 Å². The van der Waals surface area contributed by atoms with Gasteiger partial charge in [0.25, 0.3) is 0 Å². The van der Waals surface area contributed by atoms with Crippen LogP contribution in [-0.2, 0) is 9.53 Å². The van der Waals surface area contributed by atoms with Gasteiger partial charge in [0.15, 0.2) is 0 Å². The zero-order chi connectivity index (χ0) is 30.2. The average Bonchev–Trinajstić information content (AvgIpc) is 3.31. The predicted molar refractivity (Wildman–Crippen MR) is 175 cm³/mol. The third-order valence-corrected chi connectivity index (χ3v) is 12.8. The number of carbonyl (C=O) groups is 1. The quantitative estimate of drug-likeness (QED) is 0.118. The van der Waals surface area contributed by atoms with Crippen molar-refractivity contribution in [2.24, 2.45) is 52.1 Å². The van der Waals surface area contributed by atoms with E-state index in [1.807, 2.05) is 13.8 Å². The molecule has 0 saturated heterocycles. The normalized spacial score (nSPS) is 36.7. The van der Waals surface area contributed by atoms with Crippen molar-refractivity contribution in [1.82, 2.24) is 16.0 Å². The number of carbonyl (C=O) groups excluding carboxylic acids is 1. The van der Waals surface area contributed by atoms with Gasteiger partial charge in [0.2, 0.25) is 0 Å². The summed E-state index contributed by atoms with van der Waals surface area (Å²) in [6.07, 6.45) is 17.8. The van der Waals surface area contributed by atoms with Crippen LogP contribution in [-0.4, -0.2) is 57.4 Å². The van der Waals surface area contributed by atoms with E-state index in [9.17, 15) is 4.79 Å². The predicted octanol–water partition coefficient (Wildman–Crippen LogP) is 6.28. The molecule has 4 aliphatic carbocycles. The van der Waals surface area contributed by atoms with Crippen LogP contribution >= 0.6 is 0 Å². The topological polar surface area (TPSA) is 88.4 Å². The minimum Gasteiger partial charge on any atom is -0.463 e. The lowest BCUT2D eigenvalue weighted by Crippen LogP contribution is -2.55. The Morgan fingerprint density at radius 1 is 0.833 bits per heavy atom. The van der Waals surface area contributed by atoms with E-state index in [2.05, 4.69) is 36.7 Å². The minimum absolute atomic E-state index is 0.00369. The minimum atomic E-state index is -0.00802. The molecule has 0 aromatic carbocycles. The molecule has 0 aromatic rings. The molecule has 0 spiro atoms. The summed E-state index contributed by atoms with van der Waals surface area (Å²) in [6.45, 7) is 18.0. The summed E-state index contributed by atoms with van der Waals surface area (Å²) in [6, 6.07) is 0.722. The van der Waals surface area contributed by atoms with Gasteiger partial charge in [0.05, 0.1) is 6.10 Å². The second kappa shape index (κ2) is 16.0. The Hall–Kier alpha value is -0.690. The summed E-state index contributed by atoms with van der Waals surface area (Å²) in [5.41, 5.74) is 6.56. The van der Waals surface area contributed by atoms with Gasteiger partial charge in [-0.2, -0.15) is 0 Å². The summed E-state index contributed by atoms with van der Waals surface area (Å²) in [5.74, 6) is 5.04. The van der Waals surface area contributed by atoms with Gasteiger partial charge in [-0.05, 0) is 183 Å². The van der Waals surface area contributed by atoms with Crippen LogP contribution in [0.15, 0.2) is 0 Å². The average molecular weight is 589 g/mol. The van der Waals surface area contributed by atoms with E-state index in [-0.39, 0.29) is 12.1 Å². The van der Waals surface area contributed by atoms with Crippen LogP contribution in [0.1, 0.15) is 125 Å². The molecule has 42 heavy (non-hydrogen) atoms. The van der Waals surface area contributed by atoms with Gasteiger partial charge in [-0.3, -0.25) is 4.79 Å². The monoisotopic (exact) mass is 589 g/mol. The van der Waals surface area contributed by atoms with E-state index in [0.29, 0.717) is 23.2 Å². The number of hydrogen-bond acceptors (Lipinski definition) is 6. The van der Waals surface area contributed by atoms with Gasteiger partial charge in [0, 0.05) is 12.5 Å². The smallest absolute Gasteiger partial charge is 0.306 e. The first-order valence-corrected chi connectivity index (χ1v) is 18.2. The first-order chi connectivity index (χ1) is 20.2. The number of nitrogens with one attached hydrogen (secondary N) is 3. The first-order valence-electron chi connectivity index (χ1n) is 18.2. The maximum Gasteiger partial charge on any atom is 0.306 e. The van der Waals surface area contributed by atoms with Crippen molar-refractivity contribution >= 4 is 5.97 Å². The fourth-order valence-corrected chi connectivity index (χ4v) is 10.6. The van der Waals surface area contributed by atoms with Crippen molar-refractivity contribution in [3.05, 3.63) is 0 Å². The van der Waals surface area contributed by atoms with E-state index in [4.69, 9.17) is 10.5 Å². The Kier molecular flexibility index (Phi) is 13.1. The summed E-state index contributed by atoms with van der Waals surface area (Å²) >= 11 is 0. The van der Waals surface area contributed by atoms with Gasteiger partial charge in [0.1, 0.15) is 0 Å². The molecule has 4 fully saturated rings. The van der Waals surface area contributed by atoms with Crippen molar-refractivity contribution in [3.8, 4) is 0 Å². The van der Waals surface area contributed by atoms with Crippen molar-refractivity contribution in [2.75, 3.05) is 39.3 Å². The molecular weight excluding hydrogens is 520 g/mol. The van der Waals surface area contributed by atoms with E-state index in [1.54, 1.807) is 0 Å². The van der Waals surface area contributed by atoms with Gasteiger partial charge in [-0.1, -0.05) is 20.8 Å². The molecule has 5 N–H and O–H groups in total. The highest BCUT2D eigenvalue weighted by molar-refractivity contribution is 5.69. The van der Waals surface area contributed by atoms with Crippen LogP contribution in [0.5, 0.6) is 0 Å². The van der Waals surface area contributed by atoms with Crippen molar-refractivity contribution < 1.29 is 9.53 Å². The van der Waals surface area contributed by atoms with Gasteiger partial charge in [-0.15, -0.1) is 0 Å². The molecule has 4 saturated carbocycles. The van der Waals surface area contributed by atoms with E-state index in [0.717, 1.165) is 87.7 Å². The summed E-state index contributed by atoms with van der Waals surface area (Å²) in [5, 5.41) is 11.0. The van der Waals surface area contributed by atoms with Crippen LogP contribution in [0.3, 0.4) is 0 Å². The van der Waals surface area contributed by atoms with E-state index < -0.39 is 0 Å². The van der Waals surface area contributed by atoms with E-state index in [1.165, 1.54) is 70.6 Å². The standard InChI is InChI=1S/C36H68N4O2/c1-26(2)42-34(41)14-9-27(3)31-12-13-32-30-11-10-28-25-29(15-17-35(28,4)33(30)16-18-36(31,32)5)40-24-8-23-39-22-7-21-38-20-6-19-37/h26-33,38-40H,6-25,37H2,1-5H3/t27-,28?,29+,30?,31?,32?,33?,35+,36-/m1/s1. The molecule has 0 amide bonds. The SMILES string of the molecule is CC(C)OC(=O)CC[C@@H](C)C1CCC2C3CCC4C[C@@H](NCCCNCCCNCCCN)CC[C@]4(C)C3CC[C@@]21C. The zero-order valence-electron chi connectivity index (χ0n) is 28.2. The Bertz CT molecular complexity index is 822. The largest absolute Gasteiger partial charge is 0.463 e. The van der Waals surface area contributed by atoms with Crippen LogP contribution in [0, 0.1) is 46.3 Å². The molecule has 5 unspecified atom stereocenters. The highest BCUT2D eigenvalue weighted by Gasteiger charge is 2.60. The fraction of sp³-hybridized carbons (Fsp3) is 0.972. The lowest BCUT2D eigenvalue weighted by atomic mass is 9.44. The zero-order valence-corrected chi connectivity index (χ0v) is 28.2. The van der Waals surface area contributed by atoms with E-state index >= 15 is 0 Å². The number of rotatable bonds is 17. The molecular formula is C36H68N4O2. The van der Waals surface area contributed by atoms with Gasteiger partial charge < -0.3 is 26.4 Å². The second-order valence-electron chi connectivity index (χ2n) is 15.7.